The fourth-order valence-electron chi connectivity index (χ4n) is 1.12. The number of rotatable bonds is 7. The molecule has 0 atom stereocenters. The van der Waals surface area contributed by atoms with E-state index in [1.165, 1.54) is 6.20 Å². The lowest BCUT2D eigenvalue weighted by Gasteiger charge is -2.01. The Morgan fingerprint density at radius 3 is 2.88 bits per heavy atom. The Hall–Kier alpha value is -1.07. The lowest BCUT2D eigenvalue weighted by Crippen LogP contribution is -1.97. The van der Waals surface area contributed by atoms with Gasteiger partial charge in [0, 0.05) is 19.9 Å². The van der Waals surface area contributed by atoms with Crippen molar-refractivity contribution in [3.05, 3.63) is 23.9 Å². The molecule has 0 aliphatic heterocycles. The standard InChI is InChI=1S/C11H15NO3S/c1-15-6-2-3-7-16-10-5-4-9(8-12-10)11(13)14/h4-5,8H,2-3,6-7H2,1H3,(H,13,14). The van der Waals surface area contributed by atoms with Gasteiger partial charge in [-0.3, -0.25) is 0 Å². The van der Waals surface area contributed by atoms with Crippen molar-refractivity contribution in [2.24, 2.45) is 0 Å². The van der Waals surface area contributed by atoms with Gasteiger partial charge < -0.3 is 9.84 Å². The van der Waals surface area contributed by atoms with Crippen molar-refractivity contribution in [1.82, 2.24) is 4.98 Å². The summed E-state index contributed by atoms with van der Waals surface area (Å²) >= 11 is 1.63. The first-order chi connectivity index (χ1) is 7.74. The molecule has 0 bridgehead atoms. The van der Waals surface area contributed by atoms with E-state index in [-0.39, 0.29) is 5.56 Å². The number of carboxylic acid groups (broad SMARTS) is 1. The van der Waals surface area contributed by atoms with Gasteiger partial charge in [-0.2, -0.15) is 0 Å². The molecule has 0 saturated heterocycles. The van der Waals surface area contributed by atoms with Crippen LogP contribution < -0.4 is 0 Å². The number of methoxy groups -OCH3 is 1. The quantitative estimate of drug-likeness (QED) is 0.586. The Kier molecular flexibility index (Phi) is 5.88. The summed E-state index contributed by atoms with van der Waals surface area (Å²) in [7, 11) is 1.69. The van der Waals surface area contributed by atoms with Crippen LogP contribution in [0, 0.1) is 0 Å². The number of nitrogens with zero attached hydrogens (tertiary/aromatic N) is 1. The van der Waals surface area contributed by atoms with Crippen molar-refractivity contribution in [2.45, 2.75) is 17.9 Å². The lowest BCUT2D eigenvalue weighted by atomic mass is 10.3. The van der Waals surface area contributed by atoms with E-state index in [0.717, 1.165) is 30.2 Å². The molecular weight excluding hydrogens is 226 g/mol. The van der Waals surface area contributed by atoms with Crippen molar-refractivity contribution in [3.63, 3.8) is 0 Å². The fraction of sp³-hybridized carbons (Fsp3) is 0.455. The maximum absolute atomic E-state index is 10.6. The molecule has 0 unspecified atom stereocenters. The minimum atomic E-state index is -0.941. The van der Waals surface area contributed by atoms with E-state index in [4.69, 9.17) is 9.84 Å². The number of aromatic carboxylic acids is 1. The van der Waals surface area contributed by atoms with Gasteiger partial charge in [0.2, 0.25) is 0 Å². The smallest absolute Gasteiger partial charge is 0.337 e. The first-order valence-electron chi connectivity index (χ1n) is 5.05. The minimum Gasteiger partial charge on any atom is -0.478 e. The van der Waals surface area contributed by atoms with E-state index < -0.39 is 5.97 Å². The summed E-state index contributed by atoms with van der Waals surface area (Å²) < 4.78 is 4.95. The van der Waals surface area contributed by atoms with E-state index in [9.17, 15) is 4.79 Å². The number of unbranched alkanes of at least 4 members (excludes halogenated alkanes) is 1. The maximum Gasteiger partial charge on any atom is 0.337 e. The van der Waals surface area contributed by atoms with Crippen LogP contribution in [0.1, 0.15) is 23.2 Å². The number of carboxylic acids is 1. The summed E-state index contributed by atoms with van der Waals surface area (Å²) in [5.74, 6) is 0.0344. The maximum atomic E-state index is 10.6. The predicted octanol–water partition coefficient (Wildman–Crippen LogP) is 2.30. The first kappa shape index (κ1) is 13.0. The second kappa shape index (κ2) is 7.24. The molecule has 0 spiro atoms. The Morgan fingerprint density at radius 1 is 1.50 bits per heavy atom. The van der Waals surface area contributed by atoms with E-state index >= 15 is 0 Å². The van der Waals surface area contributed by atoms with Crippen LogP contribution in [-0.2, 0) is 4.74 Å². The SMILES string of the molecule is COCCCCSc1ccc(C(=O)O)cn1. The average Bonchev–Trinajstić information content (AvgIpc) is 2.29. The molecule has 5 heteroatoms. The molecule has 0 aromatic carbocycles. The zero-order chi connectivity index (χ0) is 11.8. The van der Waals surface area contributed by atoms with E-state index in [2.05, 4.69) is 4.98 Å². The van der Waals surface area contributed by atoms with Crippen molar-refractivity contribution in [3.8, 4) is 0 Å². The highest BCUT2D eigenvalue weighted by atomic mass is 32.2. The Morgan fingerprint density at radius 2 is 2.31 bits per heavy atom. The molecule has 1 rings (SSSR count). The molecule has 16 heavy (non-hydrogen) atoms. The molecular formula is C11H15NO3S. The van der Waals surface area contributed by atoms with Gasteiger partial charge >= 0.3 is 5.97 Å². The van der Waals surface area contributed by atoms with Crippen LogP contribution in [0.25, 0.3) is 0 Å². The van der Waals surface area contributed by atoms with Crippen molar-refractivity contribution in [2.75, 3.05) is 19.5 Å². The highest BCUT2D eigenvalue weighted by Gasteiger charge is 2.02. The zero-order valence-corrected chi connectivity index (χ0v) is 10.00. The zero-order valence-electron chi connectivity index (χ0n) is 9.18. The van der Waals surface area contributed by atoms with Crippen LogP contribution in [0.5, 0.6) is 0 Å². The van der Waals surface area contributed by atoms with E-state index in [0.29, 0.717) is 0 Å². The molecule has 88 valence electrons. The van der Waals surface area contributed by atoms with Gasteiger partial charge in [-0.25, -0.2) is 9.78 Å². The van der Waals surface area contributed by atoms with Crippen LogP contribution in [0.2, 0.25) is 0 Å². The fourth-order valence-corrected chi connectivity index (χ4v) is 1.97. The summed E-state index contributed by atoms with van der Waals surface area (Å²) in [5.41, 5.74) is 0.226. The van der Waals surface area contributed by atoms with Gasteiger partial charge in [0.15, 0.2) is 0 Å². The second-order valence-corrected chi connectivity index (χ2v) is 4.35. The van der Waals surface area contributed by atoms with Gasteiger partial charge in [0.25, 0.3) is 0 Å². The largest absolute Gasteiger partial charge is 0.478 e. The predicted molar refractivity (Wildman–Crippen MR) is 63.0 cm³/mol. The number of hydrogen-bond donors (Lipinski definition) is 1. The number of hydrogen-bond acceptors (Lipinski definition) is 4. The number of thioether (sulfide) groups is 1. The minimum absolute atomic E-state index is 0.226. The molecule has 0 aliphatic carbocycles. The van der Waals surface area contributed by atoms with Gasteiger partial charge in [0.05, 0.1) is 10.6 Å². The molecule has 1 aromatic heterocycles. The second-order valence-electron chi connectivity index (χ2n) is 3.24. The third-order valence-electron chi connectivity index (χ3n) is 1.98. The summed E-state index contributed by atoms with van der Waals surface area (Å²) in [6, 6.07) is 3.32. The van der Waals surface area contributed by atoms with E-state index in [1.807, 2.05) is 0 Å². The van der Waals surface area contributed by atoms with E-state index in [1.54, 1.807) is 31.0 Å². The molecule has 1 heterocycles. The van der Waals surface area contributed by atoms with Crippen LogP contribution in [-0.4, -0.2) is 35.5 Å². The lowest BCUT2D eigenvalue weighted by molar-refractivity contribution is 0.0696. The summed E-state index contributed by atoms with van der Waals surface area (Å²) in [6.45, 7) is 0.784. The molecule has 0 amide bonds. The summed E-state index contributed by atoms with van der Waals surface area (Å²) in [5, 5.41) is 9.55. The van der Waals surface area contributed by atoms with Crippen molar-refractivity contribution >= 4 is 17.7 Å². The van der Waals surface area contributed by atoms with Crippen LogP contribution >= 0.6 is 11.8 Å². The molecule has 0 saturated carbocycles. The normalized spacial score (nSPS) is 10.3. The Labute approximate surface area is 99.0 Å². The molecule has 1 N–H and O–H groups in total. The molecule has 0 fully saturated rings. The third-order valence-corrected chi connectivity index (χ3v) is 3.01. The van der Waals surface area contributed by atoms with Gasteiger partial charge in [0.1, 0.15) is 0 Å². The highest BCUT2D eigenvalue weighted by Crippen LogP contribution is 2.16. The van der Waals surface area contributed by atoms with Gasteiger partial charge in [-0.05, 0) is 30.7 Å². The molecule has 1 aromatic rings. The van der Waals surface area contributed by atoms with Gasteiger partial charge in [-0.1, -0.05) is 0 Å². The van der Waals surface area contributed by atoms with Crippen LogP contribution in [0.4, 0.5) is 0 Å². The van der Waals surface area contributed by atoms with Crippen molar-refractivity contribution < 1.29 is 14.6 Å². The molecule has 4 nitrogen and oxygen atoms in total. The number of aromatic nitrogens is 1. The third kappa shape index (κ3) is 4.63. The van der Waals surface area contributed by atoms with Gasteiger partial charge in [-0.15, -0.1) is 11.8 Å². The number of carbonyl (C=O) groups is 1. The van der Waals surface area contributed by atoms with Crippen molar-refractivity contribution in [1.29, 1.82) is 0 Å². The molecule has 0 aliphatic rings. The molecule has 0 radical (unpaired) electrons. The Balaban J connectivity index is 2.29. The number of pyridine rings is 1. The first-order valence-corrected chi connectivity index (χ1v) is 6.03. The average molecular weight is 241 g/mol. The van der Waals surface area contributed by atoms with Crippen LogP contribution in [0.3, 0.4) is 0 Å². The summed E-state index contributed by atoms with van der Waals surface area (Å²) in [4.78, 5) is 14.7. The van der Waals surface area contributed by atoms with Crippen LogP contribution in [0.15, 0.2) is 23.4 Å². The topological polar surface area (TPSA) is 59.4 Å². The monoisotopic (exact) mass is 241 g/mol. The highest BCUT2D eigenvalue weighted by molar-refractivity contribution is 7.99. The summed E-state index contributed by atoms with van der Waals surface area (Å²) in [6.07, 6.45) is 3.50. The Bertz CT molecular complexity index is 327. The number of ether oxygens (including phenoxy) is 1.